The van der Waals surface area contributed by atoms with Crippen molar-refractivity contribution in [2.75, 3.05) is 33.3 Å². The molecule has 0 spiro atoms. The van der Waals surface area contributed by atoms with E-state index in [-0.39, 0.29) is 24.3 Å². The lowest BCUT2D eigenvalue weighted by atomic mass is 10.0. The second-order valence-electron chi connectivity index (χ2n) is 7.33. The maximum absolute atomic E-state index is 12.6. The summed E-state index contributed by atoms with van der Waals surface area (Å²) in [6, 6.07) is 17.2. The van der Waals surface area contributed by atoms with Gasteiger partial charge in [-0.15, -0.1) is 0 Å². The summed E-state index contributed by atoms with van der Waals surface area (Å²) in [4.78, 5) is 28.7. The molecule has 2 aromatic rings. The van der Waals surface area contributed by atoms with Gasteiger partial charge in [0, 0.05) is 45.1 Å². The van der Waals surface area contributed by atoms with Gasteiger partial charge in [0.05, 0.1) is 7.11 Å². The molecule has 154 valence electrons. The van der Waals surface area contributed by atoms with E-state index in [4.69, 9.17) is 10.5 Å². The predicted octanol–water partition coefficient (Wildman–Crippen LogP) is 2.39. The summed E-state index contributed by atoms with van der Waals surface area (Å²) < 4.78 is 5.15. The number of ether oxygens (including phenoxy) is 1. The molecule has 0 aromatic heterocycles. The average molecular weight is 396 g/mol. The van der Waals surface area contributed by atoms with E-state index in [9.17, 15) is 9.59 Å². The van der Waals surface area contributed by atoms with Crippen LogP contribution in [-0.2, 0) is 16.0 Å². The molecule has 0 bridgehead atoms. The second-order valence-corrected chi connectivity index (χ2v) is 7.33. The predicted molar refractivity (Wildman–Crippen MR) is 112 cm³/mol. The molecule has 2 amide bonds. The summed E-state index contributed by atoms with van der Waals surface area (Å²) in [7, 11) is 1.64. The molecule has 0 saturated carbocycles. The van der Waals surface area contributed by atoms with Crippen molar-refractivity contribution >= 4 is 11.8 Å². The Kier molecular flexibility index (Phi) is 7.25. The minimum atomic E-state index is -0.298. The number of nitrogens with zero attached hydrogens (tertiary/aromatic N) is 2. The summed E-state index contributed by atoms with van der Waals surface area (Å²) in [5.74, 6) is 0.994. The molecule has 3 rings (SSSR count). The van der Waals surface area contributed by atoms with E-state index in [0.717, 1.165) is 16.9 Å². The quantitative estimate of drug-likeness (QED) is 0.781. The van der Waals surface area contributed by atoms with Crippen molar-refractivity contribution in [1.82, 2.24) is 9.80 Å². The molecular formula is C23H29N3O3. The van der Waals surface area contributed by atoms with Gasteiger partial charge in [-0.25, -0.2) is 0 Å². The largest absolute Gasteiger partial charge is 0.497 e. The van der Waals surface area contributed by atoms with Crippen molar-refractivity contribution in [3.8, 4) is 5.75 Å². The summed E-state index contributed by atoms with van der Waals surface area (Å²) in [6.45, 7) is 2.28. The molecule has 1 atom stereocenters. The molecule has 1 unspecified atom stereocenters. The van der Waals surface area contributed by atoms with Crippen LogP contribution in [0.3, 0.4) is 0 Å². The van der Waals surface area contributed by atoms with Gasteiger partial charge in [-0.1, -0.05) is 42.5 Å². The SMILES string of the molecule is COc1ccc(CCC(=O)N2CCN(C(=O)CC(N)c3ccccc3)CC2)cc1. The molecule has 0 aliphatic carbocycles. The third-order valence-corrected chi connectivity index (χ3v) is 5.39. The van der Waals surface area contributed by atoms with E-state index >= 15 is 0 Å². The standard InChI is InChI=1S/C23H29N3O3/c1-29-20-10-7-18(8-11-20)9-12-22(27)25-13-15-26(16-14-25)23(28)17-21(24)19-5-3-2-4-6-19/h2-8,10-11,21H,9,12-17,24H2,1H3. The van der Waals surface area contributed by atoms with Gasteiger partial charge in [0.15, 0.2) is 0 Å². The molecule has 2 aromatic carbocycles. The first kappa shape index (κ1) is 20.9. The van der Waals surface area contributed by atoms with Crippen LogP contribution in [0.1, 0.15) is 30.0 Å². The van der Waals surface area contributed by atoms with Crippen molar-refractivity contribution < 1.29 is 14.3 Å². The van der Waals surface area contributed by atoms with Crippen LogP contribution >= 0.6 is 0 Å². The lowest BCUT2D eigenvalue weighted by molar-refractivity contribution is -0.139. The Hall–Kier alpha value is -2.86. The summed E-state index contributed by atoms with van der Waals surface area (Å²) in [6.07, 6.45) is 1.46. The molecule has 1 aliphatic heterocycles. The summed E-state index contributed by atoms with van der Waals surface area (Å²) in [5, 5.41) is 0. The highest BCUT2D eigenvalue weighted by Gasteiger charge is 2.25. The Bertz CT molecular complexity index is 800. The van der Waals surface area contributed by atoms with Gasteiger partial charge >= 0.3 is 0 Å². The number of carbonyl (C=O) groups excluding carboxylic acids is 2. The van der Waals surface area contributed by atoms with Gasteiger partial charge in [-0.05, 0) is 29.7 Å². The van der Waals surface area contributed by atoms with Gasteiger partial charge in [0.25, 0.3) is 0 Å². The van der Waals surface area contributed by atoms with E-state index < -0.39 is 0 Å². The van der Waals surface area contributed by atoms with Crippen molar-refractivity contribution in [1.29, 1.82) is 0 Å². The van der Waals surface area contributed by atoms with Crippen molar-refractivity contribution in [2.45, 2.75) is 25.3 Å². The molecular weight excluding hydrogens is 366 g/mol. The van der Waals surface area contributed by atoms with Gasteiger partial charge in [0.1, 0.15) is 5.75 Å². The molecule has 1 aliphatic rings. The highest BCUT2D eigenvalue weighted by molar-refractivity contribution is 5.79. The minimum absolute atomic E-state index is 0.0479. The van der Waals surface area contributed by atoms with Gasteiger partial charge in [-0.2, -0.15) is 0 Å². The number of hydrogen-bond donors (Lipinski definition) is 1. The van der Waals surface area contributed by atoms with E-state index in [1.165, 1.54) is 0 Å². The van der Waals surface area contributed by atoms with Crippen LogP contribution in [0, 0.1) is 0 Å². The number of amides is 2. The van der Waals surface area contributed by atoms with Crippen LogP contribution in [0.25, 0.3) is 0 Å². The zero-order valence-corrected chi connectivity index (χ0v) is 16.9. The molecule has 2 N–H and O–H groups in total. The number of hydrogen-bond acceptors (Lipinski definition) is 4. The number of benzene rings is 2. The number of aryl methyl sites for hydroxylation is 1. The maximum Gasteiger partial charge on any atom is 0.224 e. The highest BCUT2D eigenvalue weighted by atomic mass is 16.5. The van der Waals surface area contributed by atoms with E-state index in [2.05, 4.69) is 0 Å². The van der Waals surface area contributed by atoms with Crippen LogP contribution in [-0.4, -0.2) is 54.9 Å². The number of rotatable bonds is 7. The smallest absolute Gasteiger partial charge is 0.224 e. The zero-order valence-electron chi connectivity index (χ0n) is 16.9. The minimum Gasteiger partial charge on any atom is -0.497 e. The normalized spacial score (nSPS) is 15.1. The Morgan fingerprint density at radius 1 is 0.931 bits per heavy atom. The summed E-state index contributed by atoms with van der Waals surface area (Å²) in [5.41, 5.74) is 8.25. The van der Waals surface area contributed by atoms with E-state index in [1.54, 1.807) is 7.11 Å². The van der Waals surface area contributed by atoms with E-state index in [1.807, 2.05) is 64.4 Å². The second kappa shape index (κ2) is 10.1. The molecule has 6 nitrogen and oxygen atoms in total. The maximum atomic E-state index is 12.6. The third-order valence-electron chi connectivity index (χ3n) is 5.39. The Balaban J connectivity index is 1.42. The van der Waals surface area contributed by atoms with Crippen LogP contribution in [0.15, 0.2) is 54.6 Å². The third kappa shape index (κ3) is 5.81. The van der Waals surface area contributed by atoms with E-state index in [0.29, 0.717) is 39.0 Å². The van der Waals surface area contributed by atoms with Crippen molar-refractivity contribution in [3.05, 3.63) is 65.7 Å². The lowest BCUT2D eigenvalue weighted by Crippen LogP contribution is -2.51. The molecule has 29 heavy (non-hydrogen) atoms. The molecule has 1 saturated heterocycles. The van der Waals surface area contributed by atoms with Gasteiger partial charge in [0.2, 0.25) is 11.8 Å². The summed E-state index contributed by atoms with van der Waals surface area (Å²) >= 11 is 0. The Morgan fingerprint density at radius 3 is 2.10 bits per heavy atom. The topological polar surface area (TPSA) is 75.9 Å². The number of nitrogens with two attached hydrogens (primary N) is 1. The van der Waals surface area contributed by atoms with Crippen molar-refractivity contribution in [3.63, 3.8) is 0 Å². The first-order valence-electron chi connectivity index (χ1n) is 10.1. The fourth-order valence-corrected chi connectivity index (χ4v) is 3.54. The van der Waals surface area contributed by atoms with Crippen LogP contribution in [0.2, 0.25) is 0 Å². The molecule has 1 heterocycles. The fraction of sp³-hybridized carbons (Fsp3) is 0.391. The average Bonchev–Trinajstić information content (AvgIpc) is 2.78. The van der Waals surface area contributed by atoms with Crippen LogP contribution < -0.4 is 10.5 Å². The van der Waals surface area contributed by atoms with Crippen LogP contribution in [0.5, 0.6) is 5.75 Å². The number of piperazine rings is 1. The van der Waals surface area contributed by atoms with Gasteiger partial charge < -0.3 is 20.3 Å². The number of methoxy groups -OCH3 is 1. The monoisotopic (exact) mass is 395 g/mol. The van der Waals surface area contributed by atoms with Crippen LogP contribution in [0.4, 0.5) is 0 Å². The first-order chi connectivity index (χ1) is 14.1. The van der Waals surface area contributed by atoms with Gasteiger partial charge in [-0.3, -0.25) is 9.59 Å². The fourth-order valence-electron chi connectivity index (χ4n) is 3.54. The zero-order chi connectivity index (χ0) is 20.6. The lowest BCUT2D eigenvalue weighted by Gasteiger charge is -2.35. The first-order valence-corrected chi connectivity index (χ1v) is 10.1. The molecule has 6 heteroatoms. The highest BCUT2D eigenvalue weighted by Crippen LogP contribution is 2.17. The molecule has 1 fully saturated rings. The Morgan fingerprint density at radius 2 is 1.52 bits per heavy atom. The number of carbonyl (C=O) groups is 2. The Labute approximate surface area is 172 Å². The van der Waals surface area contributed by atoms with Crippen molar-refractivity contribution in [2.24, 2.45) is 5.73 Å². The molecule has 0 radical (unpaired) electrons.